The third-order valence-electron chi connectivity index (χ3n) is 6.07. The quantitative estimate of drug-likeness (QED) is 0.315. The highest BCUT2D eigenvalue weighted by molar-refractivity contribution is 5.76. The third kappa shape index (κ3) is 7.84. The van der Waals surface area contributed by atoms with Crippen LogP contribution in [0.3, 0.4) is 0 Å². The molecule has 1 aliphatic rings. The van der Waals surface area contributed by atoms with Gasteiger partial charge in [-0.25, -0.2) is 14.2 Å². The molecule has 0 amide bonds. The molecular formula is C26H31F3N6O6. The number of ether oxygens (including phenoxy) is 1. The monoisotopic (exact) mass is 580 g/mol. The number of aliphatic carboxylic acids is 1. The molecule has 1 aliphatic heterocycles. The standard InChI is InChI=1S/C24H30N6O4.C2HF3O2/c1-17(2)9-12-29-20-21(26-23(29)28-13-10-25-11-14-28)27(3)24(33)30(22(20)32)15-19(31)34-16-18-7-5-4-6-8-18;3-2(4,5)1(6)7/h4-9,25H,10-16H2,1-3H3;(H,6,7). The van der Waals surface area contributed by atoms with Crippen LogP contribution in [0.2, 0.25) is 0 Å². The first-order valence-electron chi connectivity index (χ1n) is 12.6. The Hall–Kier alpha value is -4.40. The molecule has 15 heteroatoms. The Bertz CT molecular complexity index is 1530. The van der Waals surface area contributed by atoms with Gasteiger partial charge in [0.1, 0.15) is 13.2 Å². The van der Waals surface area contributed by atoms with Gasteiger partial charge < -0.3 is 24.6 Å². The SMILES string of the molecule is CC(C)=CCn1c(N2CCNCC2)nc2c1c(=O)n(CC(=O)OCc1ccccc1)c(=O)n2C.O=C(O)C(F)(F)F. The number of nitrogens with one attached hydrogen (secondary N) is 1. The second-order valence-corrected chi connectivity index (χ2v) is 9.40. The number of piperazine rings is 1. The summed E-state index contributed by atoms with van der Waals surface area (Å²) in [7, 11) is 1.57. The van der Waals surface area contributed by atoms with E-state index in [0.29, 0.717) is 23.7 Å². The average Bonchev–Trinajstić information content (AvgIpc) is 3.32. The molecule has 41 heavy (non-hydrogen) atoms. The number of allylic oxidation sites excluding steroid dienone is 2. The lowest BCUT2D eigenvalue weighted by molar-refractivity contribution is -0.192. The number of esters is 1. The number of aryl methyl sites for hydroxylation is 1. The van der Waals surface area contributed by atoms with Crippen molar-refractivity contribution in [2.24, 2.45) is 7.05 Å². The van der Waals surface area contributed by atoms with Crippen LogP contribution in [0.1, 0.15) is 19.4 Å². The number of aromatic nitrogens is 4. The molecule has 1 saturated heterocycles. The largest absolute Gasteiger partial charge is 0.490 e. The van der Waals surface area contributed by atoms with E-state index in [4.69, 9.17) is 19.6 Å². The van der Waals surface area contributed by atoms with Gasteiger partial charge in [-0.05, 0) is 19.4 Å². The van der Waals surface area contributed by atoms with Gasteiger partial charge in [0.25, 0.3) is 5.56 Å². The summed E-state index contributed by atoms with van der Waals surface area (Å²) < 4.78 is 41.1. The van der Waals surface area contributed by atoms with E-state index in [1.165, 1.54) is 4.57 Å². The molecule has 0 aliphatic carbocycles. The van der Waals surface area contributed by atoms with Gasteiger partial charge in [-0.1, -0.05) is 42.0 Å². The molecule has 1 aromatic carbocycles. The van der Waals surface area contributed by atoms with E-state index in [-0.39, 0.29) is 6.61 Å². The summed E-state index contributed by atoms with van der Waals surface area (Å²) in [6.45, 7) is 7.11. The Morgan fingerprint density at radius 2 is 1.71 bits per heavy atom. The molecule has 0 unspecified atom stereocenters. The van der Waals surface area contributed by atoms with Gasteiger partial charge in [0.2, 0.25) is 5.95 Å². The molecular weight excluding hydrogens is 549 g/mol. The number of halogens is 3. The van der Waals surface area contributed by atoms with Crippen molar-refractivity contribution >= 4 is 29.1 Å². The van der Waals surface area contributed by atoms with Crippen LogP contribution < -0.4 is 21.5 Å². The second kappa shape index (κ2) is 13.3. The maximum atomic E-state index is 13.5. The van der Waals surface area contributed by atoms with Crippen molar-refractivity contribution in [1.29, 1.82) is 0 Å². The van der Waals surface area contributed by atoms with Gasteiger partial charge in [0.15, 0.2) is 11.2 Å². The Labute approximate surface area is 232 Å². The van der Waals surface area contributed by atoms with Crippen LogP contribution in [0.15, 0.2) is 51.6 Å². The van der Waals surface area contributed by atoms with E-state index >= 15 is 0 Å². The summed E-state index contributed by atoms with van der Waals surface area (Å²) in [6.07, 6.45) is -3.07. The first kappa shape index (κ1) is 31.1. The van der Waals surface area contributed by atoms with Crippen molar-refractivity contribution in [3.63, 3.8) is 0 Å². The summed E-state index contributed by atoms with van der Waals surface area (Å²) in [5, 5.41) is 10.4. The highest BCUT2D eigenvalue weighted by atomic mass is 19.4. The van der Waals surface area contributed by atoms with Gasteiger partial charge in [-0.15, -0.1) is 0 Å². The summed E-state index contributed by atoms with van der Waals surface area (Å²) in [6, 6.07) is 9.24. The fourth-order valence-corrected chi connectivity index (χ4v) is 3.97. The van der Waals surface area contributed by atoms with Gasteiger partial charge in [-0.3, -0.25) is 14.2 Å². The van der Waals surface area contributed by atoms with Gasteiger partial charge in [0.05, 0.1) is 0 Å². The van der Waals surface area contributed by atoms with E-state index in [9.17, 15) is 27.6 Å². The predicted octanol–water partition coefficient (Wildman–Crippen LogP) is 1.65. The number of rotatable bonds is 7. The number of carboxylic acids is 1. The summed E-state index contributed by atoms with van der Waals surface area (Å²) >= 11 is 0. The van der Waals surface area contributed by atoms with Gasteiger partial charge >= 0.3 is 23.8 Å². The molecule has 3 aromatic rings. The van der Waals surface area contributed by atoms with Crippen LogP contribution in [0.4, 0.5) is 19.1 Å². The third-order valence-corrected chi connectivity index (χ3v) is 6.07. The van der Waals surface area contributed by atoms with Crippen molar-refractivity contribution in [3.05, 3.63) is 68.4 Å². The van der Waals surface area contributed by atoms with Crippen molar-refractivity contribution in [1.82, 2.24) is 24.0 Å². The number of alkyl halides is 3. The van der Waals surface area contributed by atoms with Crippen LogP contribution in [-0.4, -0.2) is 68.1 Å². The Balaban J connectivity index is 0.000000587. The number of anilines is 1. The van der Waals surface area contributed by atoms with Crippen molar-refractivity contribution in [2.75, 3.05) is 31.1 Å². The second-order valence-electron chi connectivity index (χ2n) is 9.40. The zero-order chi connectivity index (χ0) is 30.3. The molecule has 4 rings (SSSR count). The summed E-state index contributed by atoms with van der Waals surface area (Å²) in [5.74, 6) is -2.77. The molecule has 222 valence electrons. The molecule has 0 bridgehead atoms. The van der Waals surface area contributed by atoms with Crippen LogP contribution >= 0.6 is 0 Å². The minimum atomic E-state index is -5.08. The lowest BCUT2D eigenvalue weighted by Gasteiger charge is -2.28. The number of hydrogen-bond donors (Lipinski definition) is 2. The first-order chi connectivity index (χ1) is 19.3. The maximum Gasteiger partial charge on any atom is 0.490 e. The van der Waals surface area contributed by atoms with Crippen LogP contribution in [0.5, 0.6) is 0 Å². The smallest absolute Gasteiger partial charge is 0.475 e. The molecule has 1 fully saturated rings. The number of hydrogen-bond acceptors (Lipinski definition) is 8. The number of imidazole rings is 1. The van der Waals surface area contributed by atoms with Crippen molar-refractivity contribution < 1.29 is 32.6 Å². The molecule has 0 spiro atoms. The number of carbonyl (C=O) groups is 2. The van der Waals surface area contributed by atoms with E-state index < -0.39 is 35.9 Å². The maximum absolute atomic E-state index is 13.5. The molecule has 2 N–H and O–H groups in total. The van der Waals surface area contributed by atoms with Gasteiger partial charge in [-0.2, -0.15) is 18.2 Å². The number of carboxylic acid groups (broad SMARTS) is 1. The van der Waals surface area contributed by atoms with E-state index in [1.54, 1.807) is 7.05 Å². The van der Waals surface area contributed by atoms with E-state index in [0.717, 1.165) is 41.9 Å². The lowest BCUT2D eigenvalue weighted by atomic mass is 10.2. The summed E-state index contributed by atoms with van der Waals surface area (Å²) in [4.78, 5) is 54.7. The number of benzene rings is 1. The van der Waals surface area contributed by atoms with Crippen LogP contribution in [0, 0.1) is 0 Å². The van der Waals surface area contributed by atoms with Gasteiger partial charge in [0, 0.05) is 39.8 Å². The average molecular weight is 581 g/mol. The Morgan fingerprint density at radius 1 is 1.10 bits per heavy atom. The molecule has 0 saturated carbocycles. The molecule has 12 nitrogen and oxygen atoms in total. The molecule has 0 radical (unpaired) electrons. The molecule has 3 heterocycles. The minimum absolute atomic E-state index is 0.0721. The molecule has 2 aromatic heterocycles. The Kier molecular flexibility index (Phi) is 10.1. The predicted molar refractivity (Wildman–Crippen MR) is 144 cm³/mol. The van der Waals surface area contributed by atoms with E-state index in [1.807, 2.05) is 54.8 Å². The Morgan fingerprint density at radius 3 is 2.27 bits per heavy atom. The zero-order valence-electron chi connectivity index (χ0n) is 22.8. The highest BCUT2D eigenvalue weighted by Gasteiger charge is 2.38. The van der Waals surface area contributed by atoms with Crippen molar-refractivity contribution in [2.45, 2.75) is 39.7 Å². The zero-order valence-corrected chi connectivity index (χ0v) is 22.8. The van der Waals surface area contributed by atoms with E-state index in [2.05, 4.69) is 10.2 Å². The van der Waals surface area contributed by atoms with Crippen LogP contribution in [-0.2, 0) is 41.1 Å². The fraction of sp³-hybridized carbons (Fsp3) is 0.423. The first-order valence-corrected chi connectivity index (χ1v) is 12.6. The summed E-state index contributed by atoms with van der Waals surface area (Å²) in [5.41, 5.74) is 1.37. The minimum Gasteiger partial charge on any atom is -0.475 e. The lowest BCUT2D eigenvalue weighted by Crippen LogP contribution is -2.44. The topological polar surface area (TPSA) is 141 Å². The number of fused-ring (bicyclic) bond motifs is 1. The van der Waals surface area contributed by atoms with Crippen LogP contribution in [0.25, 0.3) is 11.2 Å². The van der Waals surface area contributed by atoms with Crippen molar-refractivity contribution in [3.8, 4) is 0 Å². The highest BCUT2D eigenvalue weighted by Crippen LogP contribution is 2.20. The number of nitrogens with zero attached hydrogens (tertiary/aromatic N) is 5. The molecule has 0 atom stereocenters. The number of carbonyl (C=O) groups excluding carboxylic acids is 1. The normalized spacial score (nSPS) is 13.4. The fourth-order valence-electron chi connectivity index (χ4n) is 3.97.